The molecule has 0 amide bonds. The lowest BCUT2D eigenvalue weighted by molar-refractivity contribution is -0.384. The zero-order valence-corrected chi connectivity index (χ0v) is 19.3. The molecular weight excluding hydrogens is 428 g/mol. The fourth-order valence-electron chi connectivity index (χ4n) is 2.89. The predicted molar refractivity (Wildman–Crippen MR) is 124 cm³/mol. The van der Waals surface area contributed by atoms with Crippen LogP contribution in [0, 0.1) is 34.3 Å². The molecule has 32 heavy (non-hydrogen) atoms. The first-order valence-corrected chi connectivity index (χ1v) is 11.3. The molecule has 1 heterocycles. The summed E-state index contributed by atoms with van der Waals surface area (Å²) in [5.41, 5.74) is 1.82. The number of nitro benzene ring substituents is 1. The highest BCUT2D eigenvalue weighted by molar-refractivity contribution is 7.92. The predicted octanol–water partition coefficient (Wildman–Crippen LogP) is 4.50. The summed E-state index contributed by atoms with van der Waals surface area (Å²) in [6, 6.07) is 10.3. The number of hydrogen-bond acceptors (Lipinski definition) is 5. The van der Waals surface area contributed by atoms with Crippen molar-refractivity contribution in [3.63, 3.8) is 0 Å². The topological polar surface area (TPSA) is 107 Å². The molecule has 2 aromatic carbocycles. The van der Waals surface area contributed by atoms with Gasteiger partial charge in [0.05, 0.1) is 21.1 Å². The van der Waals surface area contributed by atoms with Gasteiger partial charge in [0.1, 0.15) is 5.69 Å². The smallest absolute Gasteiger partial charge is 0.270 e. The Balaban J connectivity index is 2.16. The molecule has 8 nitrogen and oxygen atoms in total. The third-order valence-electron chi connectivity index (χ3n) is 4.45. The number of anilines is 1. The summed E-state index contributed by atoms with van der Waals surface area (Å²) >= 11 is 0. The molecule has 0 aliphatic rings. The van der Waals surface area contributed by atoms with Gasteiger partial charge in [-0.05, 0) is 45.9 Å². The van der Waals surface area contributed by atoms with E-state index in [1.807, 2.05) is 27.7 Å². The number of rotatable bonds is 5. The van der Waals surface area contributed by atoms with Crippen LogP contribution in [-0.2, 0) is 17.1 Å². The number of aromatic nitrogens is 2. The van der Waals surface area contributed by atoms with E-state index in [9.17, 15) is 18.5 Å². The Hall–Kier alpha value is -3.64. The van der Waals surface area contributed by atoms with Gasteiger partial charge < -0.3 is 0 Å². The molecule has 0 unspecified atom stereocenters. The van der Waals surface area contributed by atoms with Gasteiger partial charge in [-0.1, -0.05) is 29.5 Å². The summed E-state index contributed by atoms with van der Waals surface area (Å²) in [4.78, 5) is 10.9. The van der Waals surface area contributed by atoms with E-state index in [0.29, 0.717) is 11.3 Å². The van der Waals surface area contributed by atoms with Gasteiger partial charge in [-0.25, -0.2) is 8.42 Å². The standard InChI is InChI=1S/C23H24N4O4S/c1-16-6-9-19(10-7-16)32(30,31)25-21-11-8-18(27(28)29)14-20(21)22-17(15-26(5)24-22)12-13-23(2,3)4/h6-11,14-15,25H,1-5H3. The molecule has 0 spiro atoms. The molecule has 0 saturated carbocycles. The van der Waals surface area contributed by atoms with E-state index in [4.69, 9.17) is 0 Å². The van der Waals surface area contributed by atoms with Crippen LogP contribution in [0.2, 0.25) is 0 Å². The minimum absolute atomic E-state index is 0.0844. The molecule has 0 bridgehead atoms. The number of aryl methyl sites for hydroxylation is 2. The summed E-state index contributed by atoms with van der Waals surface area (Å²) < 4.78 is 30.0. The van der Waals surface area contributed by atoms with Crippen LogP contribution in [0.1, 0.15) is 31.9 Å². The molecule has 0 aliphatic carbocycles. The molecule has 0 fully saturated rings. The van der Waals surface area contributed by atoms with Gasteiger partial charge in [-0.2, -0.15) is 5.10 Å². The van der Waals surface area contributed by atoms with Gasteiger partial charge >= 0.3 is 0 Å². The van der Waals surface area contributed by atoms with Crippen LogP contribution in [0.25, 0.3) is 11.3 Å². The van der Waals surface area contributed by atoms with Gasteiger partial charge in [0, 0.05) is 36.4 Å². The van der Waals surface area contributed by atoms with Crippen LogP contribution >= 0.6 is 0 Å². The average molecular weight is 453 g/mol. The summed E-state index contributed by atoms with van der Waals surface area (Å²) in [7, 11) is -2.22. The van der Waals surface area contributed by atoms with Crippen LogP contribution in [0.3, 0.4) is 0 Å². The number of non-ortho nitro benzene ring substituents is 1. The number of hydrogen-bond donors (Lipinski definition) is 1. The quantitative estimate of drug-likeness (QED) is 0.348. The van der Waals surface area contributed by atoms with E-state index in [1.54, 1.807) is 30.1 Å². The van der Waals surface area contributed by atoms with Gasteiger partial charge in [-0.15, -0.1) is 0 Å². The number of nitro groups is 1. The van der Waals surface area contributed by atoms with Crippen molar-refractivity contribution in [3.05, 3.63) is 69.9 Å². The van der Waals surface area contributed by atoms with Crippen molar-refractivity contribution in [1.82, 2.24) is 9.78 Å². The van der Waals surface area contributed by atoms with Gasteiger partial charge in [0.15, 0.2) is 0 Å². The number of nitrogens with zero attached hydrogens (tertiary/aromatic N) is 3. The Kier molecular flexibility index (Phi) is 6.10. The monoisotopic (exact) mass is 452 g/mol. The van der Waals surface area contributed by atoms with Crippen molar-refractivity contribution in [3.8, 4) is 23.1 Å². The van der Waals surface area contributed by atoms with E-state index in [1.165, 1.54) is 30.3 Å². The van der Waals surface area contributed by atoms with E-state index < -0.39 is 14.9 Å². The normalized spacial score (nSPS) is 11.5. The van der Waals surface area contributed by atoms with E-state index in [0.717, 1.165) is 5.56 Å². The third kappa shape index (κ3) is 5.34. The minimum atomic E-state index is -3.93. The Labute approximate surface area is 187 Å². The molecule has 1 aromatic heterocycles. The fourth-order valence-corrected chi connectivity index (χ4v) is 3.97. The molecule has 166 valence electrons. The van der Waals surface area contributed by atoms with Gasteiger partial charge in [0.2, 0.25) is 0 Å². The van der Waals surface area contributed by atoms with Crippen molar-refractivity contribution in [2.75, 3.05) is 4.72 Å². The van der Waals surface area contributed by atoms with Gasteiger partial charge in [-0.3, -0.25) is 19.5 Å². The lowest BCUT2D eigenvalue weighted by Crippen LogP contribution is -2.14. The SMILES string of the molecule is Cc1ccc(S(=O)(=O)Nc2ccc([N+](=O)[O-])cc2-c2nn(C)cc2C#CC(C)(C)C)cc1. The molecule has 3 rings (SSSR count). The average Bonchev–Trinajstić information content (AvgIpc) is 3.06. The lowest BCUT2D eigenvalue weighted by Gasteiger charge is -2.12. The highest BCUT2D eigenvalue weighted by atomic mass is 32.2. The van der Waals surface area contributed by atoms with Crippen molar-refractivity contribution < 1.29 is 13.3 Å². The van der Waals surface area contributed by atoms with Crippen molar-refractivity contribution >= 4 is 21.4 Å². The summed E-state index contributed by atoms with van der Waals surface area (Å²) in [6.07, 6.45) is 1.70. The maximum absolute atomic E-state index is 13.0. The highest BCUT2D eigenvalue weighted by Gasteiger charge is 2.22. The maximum atomic E-state index is 13.0. The lowest BCUT2D eigenvalue weighted by atomic mass is 9.97. The number of sulfonamides is 1. The second-order valence-corrected chi connectivity index (χ2v) is 10.2. The largest absolute Gasteiger partial charge is 0.279 e. The van der Waals surface area contributed by atoms with E-state index in [2.05, 4.69) is 21.7 Å². The zero-order valence-electron chi connectivity index (χ0n) is 18.5. The molecular formula is C23H24N4O4S. The molecule has 9 heteroatoms. The molecule has 0 aliphatic heterocycles. The van der Waals surface area contributed by atoms with E-state index in [-0.39, 0.29) is 27.2 Å². The Bertz CT molecular complexity index is 1340. The number of benzene rings is 2. The summed E-state index contributed by atoms with van der Waals surface area (Å²) in [5.74, 6) is 6.19. The van der Waals surface area contributed by atoms with Crippen molar-refractivity contribution in [2.24, 2.45) is 12.5 Å². The van der Waals surface area contributed by atoms with Crippen LogP contribution in [0.15, 0.2) is 53.6 Å². The Morgan fingerprint density at radius 2 is 1.78 bits per heavy atom. The second kappa shape index (κ2) is 8.48. The molecule has 0 radical (unpaired) electrons. The van der Waals surface area contributed by atoms with Crippen molar-refractivity contribution in [2.45, 2.75) is 32.6 Å². The fraction of sp³-hybridized carbons (Fsp3) is 0.261. The first-order valence-electron chi connectivity index (χ1n) is 9.81. The Morgan fingerprint density at radius 3 is 2.38 bits per heavy atom. The van der Waals surface area contributed by atoms with Crippen LogP contribution < -0.4 is 4.72 Å². The number of nitrogens with one attached hydrogen (secondary N) is 1. The maximum Gasteiger partial charge on any atom is 0.270 e. The highest BCUT2D eigenvalue weighted by Crippen LogP contribution is 2.34. The molecule has 3 aromatic rings. The van der Waals surface area contributed by atoms with E-state index >= 15 is 0 Å². The van der Waals surface area contributed by atoms with Gasteiger partial charge in [0.25, 0.3) is 15.7 Å². The first-order chi connectivity index (χ1) is 14.9. The van der Waals surface area contributed by atoms with Crippen LogP contribution in [-0.4, -0.2) is 23.1 Å². The summed E-state index contributed by atoms with van der Waals surface area (Å²) in [5, 5.41) is 15.8. The zero-order chi connectivity index (χ0) is 23.7. The molecule has 0 saturated heterocycles. The van der Waals surface area contributed by atoms with Crippen molar-refractivity contribution in [1.29, 1.82) is 0 Å². The summed E-state index contributed by atoms with van der Waals surface area (Å²) in [6.45, 7) is 7.75. The van der Waals surface area contributed by atoms with Crippen LogP contribution in [0.4, 0.5) is 11.4 Å². The van der Waals surface area contributed by atoms with Crippen LogP contribution in [0.5, 0.6) is 0 Å². The first kappa shape index (κ1) is 23.0. The molecule has 0 atom stereocenters. The second-order valence-electron chi connectivity index (χ2n) is 8.47. The third-order valence-corrected chi connectivity index (χ3v) is 5.83. The Morgan fingerprint density at radius 1 is 1.12 bits per heavy atom. The minimum Gasteiger partial charge on any atom is -0.279 e. The molecule has 1 N–H and O–H groups in total.